The average molecular weight is 399 g/mol. The van der Waals surface area contributed by atoms with Crippen LogP contribution in [-0.2, 0) is 6.54 Å². The maximum absolute atomic E-state index is 5.26. The van der Waals surface area contributed by atoms with Crippen LogP contribution in [-0.4, -0.2) is 7.11 Å². The maximum Gasteiger partial charge on any atom is 0.119 e. The van der Waals surface area contributed by atoms with Gasteiger partial charge < -0.3 is 10.1 Å². The van der Waals surface area contributed by atoms with Crippen molar-refractivity contribution in [1.29, 1.82) is 0 Å². The van der Waals surface area contributed by atoms with Gasteiger partial charge in [-0.1, -0.05) is 50.1 Å². The molecule has 0 aliphatic heterocycles. The lowest BCUT2D eigenvalue weighted by Crippen LogP contribution is -2.18. The van der Waals surface area contributed by atoms with Gasteiger partial charge in [-0.15, -0.1) is 0 Å². The van der Waals surface area contributed by atoms with Crippen molar-refractivity contribution in [3.8, 4) is 5.75 Å². The molecule has 0 aromatic heterocycles. The van der Waals surface area contributed by atoms with Gasteiger partial charge in [0.15, 0.2) is 0 Å². The fourth-order valence-electron chi connectivity index (χ4n) is 2.01. The molecule has 0 amide bonds. The Hall–Kier alpha value is -0.840. The monoisotopic (exact) mass is 397 g/mol. The van der Waals surface area contributed by atoms with E-state index in [-0.39, 0.29) is 6.04 Å². The Balaban J connectivity index is 2.07. The van der Waals surface area contributed by atoms with E-state index in [1.54, 1.807) is 7.11 Å². The number of benzene rings is 2. The minimum Gasteiger partial charge on any atom is -0.497 e. The molecule has 0 spiro atoms. The average Bonchev–Trinajstić information content (AvgIpc) is 2.46. The summed E-state index contributed by atoms with van der Waals surface area (Å²) in [6, 6.07) is 14.5. The molecule has 20 heavy (non-hydrogen) atoms. The molecule has 0 bridgehead atoms. The molecule has 0 fully saturated rings. The van der Waals surface area contributed by atoms with Crippen LogP contribution in [0.3, 0.4) is 0 Å². The first-order valence-corrected chi connectivity index (χ1v) is 8.00. The third kappa shape index (κ3) is 3.84. The van der Waals surface area contributed by atoms with E-state index in [1.807, 2.05) is 24.3 Å². The molecule has 1 atom stereocenters. The molecule has 0 aliphatic carbocycles. The van der Waals surface area contributed by atoms with Crippen LogP contribution < -0.4 is 10.1 Å². The molecule has 1 N–H and O–H groups in total. The summed E-state index contributed by atoms with van der Waals surface area (Å²) < 4.78 is 7.48. The second-order valence-corrected chi connectivity index (χ2v) is 6.29. The van der Waals surface area contributed by atoms with E-state index in [1.165, 1.54) is 11.1 Å². The largest absolute Gasteiger partial charge is 0.497 e. The lowest BCUT2D eigenvalue weighted by molar-refractivity contribution is 0.413. The van der Waals surface area contributed by atoms with Gasteiger partial charge in [-0.25, -0.2) is 0 Å². The fourth-order valence-corrected chi connectivity index (χ4v) is 3.03. The first-order chi connectivity index (χ1) is 9.61. The van der Waals surface area contributed by atoms with Crippen molar-refractivity contribution in [3.05, 3.63) is 62.5 Å². The molecule has 0 unspecified atom stereocenters. The van der Waals surface area contributed by atoms with Gasteiger partial charge in [-0.05, 0) is 42.3 Å². The highest BCUT2D eigenvalue weighted by Crippen LogP contribution is 2.25. The Kier molecular flexibility index (Phi) is 5.64. The van der Waals surface area contributed by atoms with Gasteiger partial charge in [0.05, 0.1) is 7.11 Å². The summed E-state index contributed by atoms with van der Waals surface area (Å²) in [7, 11) is 1.68. The summed E-state index contributed by atoms with van der Waals surface area (Å²) in [4.78, 5) is 0. The summed E-state index contributed by atoms with van der Waals surface area (Å²) in [6.45, 7) is 2.94. The highest BCUT2D eigenvalue weighted by Gasteiger charge is 2.09. The van der Waals surface area contributed by atoms with Crippen molar-refractivity contribution in [1.82, 2.24) is 5.32 Å². The quantitative estimate of drug-likeness (QED) is 0.758. The Morgan fingerprint density at radius 2 is 1.85 bits per heavy atom. The van der Waals surface area contributed by atoms with E-state index in [9.17, 15) is 0 Å². The molecule has 2 nitrogen and oxygen atoms in total. The van der Waals surface area contributed by atoms with Gasteiger partial charge in [0.25, 0.3) is 0 Å². The lowest BCUT2D eigenvalue weighted by Gasteiger charge is -2.17. The van der Waals surface area contributed by atoms with Gasteiger partial charge in [-0.2, -0.15) is 0 Å². The van der Waals surface area contributed by atoms with Crippen LogP contribution in [0.25, 0.3) is 0 Å². The zero-order valence-corrected chi connectivity index (χ0v) is 14.7. The zero-order valence-electron chi connectivity index (χ0n) is 11.5. The lowest BCUT2D eigenvalue weighted by atomic mass is 10.1. The van der Waals surface area contributed by atoms with Gasteiger partial charge in [0, 0.05) is 21.5 Å². The van der Waals surface area contributed by atoms with E-state index < -0.39 is 0 Å². The van der Waals surface area contributed by atoms with Crippen molar-refractivity contribution in [3.63, 3.8) is 0 Å². The smallest absolute Gasteiger partial charge is 0.119 e. The molecule has 2 aromatic rings. The number of nitrogens with one attached hydrogen (secondary N) is 1. The zero-order chi connectivity index (χ0) is 14.5. The third-order valence-electron chi connectivity index (χ3n) is 3.22. The molecule has 0 saturated heterocycles. The summed E-state index contributed by atoms with van der Waals surface area (Å²) in [6.07, 6.45) is 0. The van der Waals surface area contributed by atoms with Crippen molar-refractivity contribution in [2.24, 2.45) is 0 Å². The number of ether oxygens (including phenoxy) is 1. The van der Waals surface area contributed by atoms with Crippen LogP contribution >= 0.6 is 31.9 Å². The minimum absolute atomic E-state index is 0.267. The second kappa shape index (κ2) is 7.25. The molecule has 0 radical (unpaired) electrons. The van der Waals surface area contributed by atoms with E-state index in [2.05, 4.69) is 62.3 Å². The Morgan fingerprint density at radius 1 is 1.10 bits per heavy atom. The Bertz CT molecular complexity index is 586. The van der Waals surface area contributed by atoms with Crippen molar-refractivity contribution < 1.29 is 4.74 Å². The molecule has 106 valence electrons. The van der Waals surface area contributed by atoms with E-state index in [4.69, 9.17) is 4.74 Å². The van der Waals surface area contributed by atoms with Crippen LogP contribution in [0.5, 0.6) is 5.75 Å². The van der Waals surface area contributed by atoms with Crippen molar-refractivity contribution in [2.75, 3.05) is 7.11 Å². The summed E-state index contributed by atoms with van der Waals surface area (Å²) in [5, 5.41) is 3.53. The van der Waals surface area contributed by atoms with Crippen LogP contribution in [0.15, 0.2) is 51.4 Å². The minimum atomic E-state index is 0.267. The molecule has 0 saturated carbocycles. The molecular formula is C16H17Br2NO. The highest BCUT2D eigenvalue weighted by molar-refractivity contribution is 9.10. The van der Waals surface area contributed by atoms with Gasteiger partial charge in [0.1, 0.15) is 5.75 Å². The van der Waals surface area contributed by atoms with Crippen LogP contribution in [0.1, 0.15) is 24.1 Å². The van der Waals surface area contributed by atoms with Gasteiger partial charge >= 0.3 is 0 Å². The van der Waals surface area contributed by atoms with E-state index in [0.29, 0.717) is 0 Å². The Labute approximate surface area is 136 Å². The summed E-state index contributed by atoms with van der Waals surface area (Å²) >= 11 is 7.17. The summed E-state index contributed by atoms with van der Waals surface area (Å²) in [5.41, 5.74) is 2.44. The van der Waals surface area contributed by atoms with Crippen LogP contribution in [0.2, 0.25) is 0 Å². The number of rotatable bonds is 5. The van der Waals surface area contributed by atoms with Crippen LogP contribution in [0.4, 0.5) is 0 Å². The van der Waals surface area contributed by atoms with Gasteiger partial charge in [0.2, 0.25) is 0 Å². The molecule has 0 heterocycles. The maximum atomic E-state index is 5.26. The molecule has 4 heteroatoms. The fraction of sp³-hybridized carbons (Fsp3) is 0.250. The number of methoxy groups -OCH3 is 1. The summed E-state index contributed by atoms with van der Waals surface area (Å²) in [5.74, 6) is 0.874. The predicted molar refractivity (Wildman–Crippen MR) is 90.1 cm³/mol. The predicted octanol–water partition coefficient (Wildman–Crippen LogP) is 5.07. The normalized spacial score (nSPS) is 12.2. The van der Waals surface area contributed by atoms with E-state index >= 15 is 0 Å². The van der Waals surface area contributed by atoms with Crippen LogP contribution in [0, 0.1) is 0 Å². The SMILES string of the molecule is COc1ccc(Br)c(CN[C@@H](C)c2ccccc2Br)c1. The topological polar surface area (TPSA) is 21.3 Å². The molecule has 0 aliphatic rings. The number of hydrogen-bond acceptors (Lipinski definition) is 2. The Morgan fingerprint density at radius 3 is 2.55 bits per heavy atom. The molecule has 2 aromatic carbocycles. The second-order valence-electron chi connectivity index (χ2n) is 4.58. The van der Waals surface area contributed by atoms with Crippen molar-refractivity contribution >= 4 is 31.9 Å². The van der Waals surface area contributed by atoms with Gasteiger partial charge in [-0.3, -0.25) is 0 Å². The number of hydrogen-bond donors (Lipinski definition) is 1. The van der Waals surface area contributed by atoms with E-state index in [0.717, 1.165) is 21.2 Å². The number of halogens is 2. The molecule has 2 rings (SSSR count). The first kappa shape index (κ1) is 15.5. The highest BCUT2D eigenvalue weighted by atomic mass is 79.9. The first-order valence-electron chi connectivity index (χ1n) is 6.42. The standard InChI is InChI=1S/C16H17Br2NO/c1-11(14-5-3-4-6-16(14)18)19-10-12-9-13(20-2)7-8-15(12)17/h3-9,11,19H,10H2,1-2H3/t11-/m0/s1. The van der Waals surface area contributed by atoms with Crippen molar-refractivity contribution in [2.45, 2.75) is 19.5 Å². The molecular weight excluding hydrogens is 382 g/mol. The third-order valence-corrected chi connectivity index (χ3v) is 4.72.